The lowest BCUT2D eigenvalue weighted by atomic mass is 9.95. The lowest BCUT2D eigenvalue weighted by Gasteiger charge is -2.33. The zero-order chi connectivity index (χ0) is 9.73. The summed E-state index contributed by atoms with van der Waals surface area (Å²) in [6.07, 6.45) is 4.12. The van der Waals surface area contributed by atoms with Crippen molar-refractivity contribution in [3.63, 3.8) is 0 Å². The number of hydrogen-bond donors (Lipinski definition) is 2. The van der Waals surface area contributed by atoms with E-state index in [4.69, 9.17) is 4.74 Å². The summed E-state index contributed by atoms with van der Waals surface area (Å²) >= 11 is 0. The first-order valence-corrected chi connectivity index (χ1v) is 5.17. The van der Waals surface area contributed by atoms with Crippen LogP contribution >= 0.6 is 0 Å². The molecule has 1 unspecified atom stereocenters. The summed E-state index contributed by atoms with van der Waals surface area (Å²) in [5.74, 6) is 0. The Morgan fingerprint density at radius 3 is 2.62 bits per heavy atom. The molecule has 0 aliphatic heterocycles. The van der Waals surface area contributed by atoms with E-state index >= 15 is 0 Å². The summed E-state index contributed by atoms with van der Waals surface area (Å²) in [6, 6.07) is 0. The molecule has 13 heavy (non-hydrogen) atoms. The Morgan fingerprint density at radius 1 is 1.54 bits per heavy atom. The minimum atomic E-state index is -0.260. The second kappa shape index (κ2) is 4.94. The van der Waals surface area contributed by atoms with Crippen molar-refractivity contribution in [3.05, 3.63) is 0 Å². The molecular formula is C10H21NO2. The highest BCUT2D eigenvalue weighted by molar-refractivity contribution is 4.82. The molecule has 0 bridgehead atoms. The van der Waals surface area contributed by atoms with Gasteiger partial charge in [-0.25, -0.2) is 0 Å². The Labute approximate surface area is 80.5 Å². The maximum atomic E-state index is 9.18. The molecule has 1 saturated carbocycles. The number of likely N-dealkylation sites (N-methyl/N-ethyl adjacent to an activating group) is 1. The summed E-state index contributed by atoms with van der Waals surface area (Å²) in [5.41, 5.74) is -0.260. The molecule has 0 saturated heterocycles. The molecule has 0 aromatic rings. The van der Waals surface area contributed by atoms with Crippen molar-refractivity contribution in [1.82, 2.24) is 5.32 Å². The van der Waals surface area contributed by atoms with Gasteiger partial charge in [-0.1, -0.05) is 6.92 Å². The summed E-state index contributed by atoms with van der Waals surface area (Å²) in [7, 11) is 0. The fourth-order valence-electron chi connectivity index (χ4n) is 1.42. The highest BCUT2D eigenvalue weighted by Gasteiger charge is 2.26. The normalized spacial score (nSPS) is 22.4. The molecule has 0 heterocycles. The fourth-order valence-corrected chi connectivity index (χ4v) is 1.42. The van der Waals surface area contributed by atoms with Crippen LogP contribution in [0.2, 0.25) is 0 Å². The van der Waals surface area contributed by atoms with E-state index in [1.54, 1.807) is 0 Å². The predicted octanol–water partition coefficient (Wildman–Crippen LogP) is 0.916. The monoisotopic (exact) mass is 187 g/mol. The third-order valence-corrected chi connectivity index (χ3v) is 2.64. The Morgan fingerprint density at radius 2 is 2.23 bits per heavy atom. The average Bonchev–Trinajstić information content (AvgIpc) is 2.02. The van der Waals surface area contributed by atoms with Crippen LogP contribution in [-0.4, -0.2) is 36.5 Å². The molecule has 1 aliphatic carbocycles. The van der Waals surface area contributed by atoms with Crippen molar-refractivity contribution in [1.29, 1.82) is 0 Å². The van der Waals surface area contributed by atoms with Crippen LogP contribution in [-0.2, 0) is 4.74 Å². The standard InChI is InChI=1S/C10H21NO2/c1-3-11-10(2,7-12)8-13-9-5-4-6-9/h9,11-12H,3-8H2,1-2H3. The molecule has 3 heteroatoms. The highest BCUT2D eigenvalue weighted by atomic mass is 16.5. The van der Waals surface area contributed by atoms with Gasteiger partial charge in [-0.05, 0) is 32.7 Å². The molecule has 1 rings (SSSR count). The lowest BCUT2D eigenvalue weighted by molar-refractivity contribution is -0.0374. The summed E-state index contributed by atoms with van der Waals surface area (Å²) in [6.45, 7) is 5.65. The lowest BCUT2D eigenvalue weighted by Crippen LogP contribution is -2.50. The number of ether oxygens (including phenoxy) is 1. The molecule has 2 N–H and O–H groups in total. The zero-order valence-corrected chi connectivity index (χ0v) is 8.68. The zero-order valence-electron chi connectivity index (χ0n) is 8.68. The molecule has 78 valence electrons. The molecular weight excluding hydrogens is 166 g/mol. The quantitative estimate of drug-likeness (QED) is 0.649. The minimum Gasteiger partial charge on any atom is -0.394 e. The van der Waals surface area contributed by atoms with Gasteiger partial charge in [-0.3, -0.25) is 0 Å². The molecule has 1 atom stereocenters. The molecule has 0 aromatic carbocycles. The van der Waals surface area contributed by atoms with Crippen LogP contribution in [0.1, 0.15) is 33.1 Å². The van der Waals surface area contributed by atoms with E-state index in [-0.39, 0.29) is 12.1 Å². The third kappa shape index (κ3) is 3.25. The van der Waals surface area contributed by atoms with Gasteiger partial charge in [-0.2, -0.15) is 0 Å². The highest BCUT2D eigenvalue weighted by Crippen LogP contribution is 2.22. The van der Waals surface area contributed by atoms with Gasteiger partial charge in [0.25, 0.3) is 0 Å². The van der Waals surface area contributed by atoms with E-state index in [9.17, 15) is 5.11 Å². The molecule has 1 aliphatic rings. The van der Waals surface area contributed by atoms with E-state index in [0.29, 0.717) is 12.7 Å². The van der Waals surface area contributed by atoms with Crippen LogP contribution in [0.15, 0.2) is 0 Å². The first kappa shape index (κ1) is 11.0. The smallest absolute Gasteiger partial charge is 0.0671 e. The van der Waals surface area contributed by atoms with Crippen molar-refractivity contribution in [2.75, 3.05) is 19.8 Å². The minimum absolute atomic E-state index is 0.133. The van der Waals surface area contributed by atoms with Gasteiger partial charge >= 0.3 is 0 Å². The van der Waals surface area contributed by atoms with Gasteiger partial charge < -0.3 is 15.2 Å². The van der Waals surface area contributed by atoms with Crippen molar-refractivity contribution >= 4 is 0 Å². The van der Waals surface area contributed by atoms with E-state index < -0.39 is 0 Å². The summed E-state index contributed by atoms with van der Waals surface area (Å²) < 4.78 is 5.66. The maximum Gasteiger partial charge on any atom is 0.0671 e. The molecule has 1 fully saturated rings. The largest absolute Gasteiger partial charge is 0.394 e. The van der Waals surface area contributed by atoms with Gasteiger partial charge in [0.05, 0.1) is 24.9 Å². The van der Waals surface area contributed by atoms with E-state index in [2.05, 4.69) is 5.32 Å². The van der Waals surface area contributed by atoms with Crippen LogP contribution in [0.3, 0.4) is 0 Å². The maximum absolute atomic E-state index is 9.18. The van der Waals surface area contributed by atoms with Crippen molar-refractivity contribution in [2.24, 2.45) is 0 Å². The Bertz CT molecular complexity index is 148. The van der Waals surface area contributed by atoms with E-state index in [0.717, 1.165) is 6.54 Å². The first-order chi connectivity index (χ1) is 6.20. The predicted molar refractivity (Wildman–Crippen MR) is 52.8 cm³/mol. The summed E-state index contributed by atoms with van der Waals surface area (Å²) in [4.78, 5) is 0. The van der Waals surface area contributed by atoms with Crippen LogP contribution in [0.4, 0.5) is 0 Å². The van der Waals surface area contributed by atoms with Crippen molar-refractivity contribution < 1.29 is 9.84 Å². The second-order valence-corrected chi connectivity index (χ2v) is 4.11. The molecule has 0 spiro atoms. The number of aliphatic hydroxyl groups excluding tert-OH is 1. The number of nitrogens with one attached hydrogen (secondary N) is 1. The summed E-state index contributed by atoms with van der Waals surface area (Å²) in [5, 5.41) is 12.4. The van der Waals surface area contributed by atoms with Gasteiger partial charge in [0.1, 0.15) is 0 Å². The second-order valence-electron chi connectivity index (χ2n) is 4.11. The topological polar surface area (TPSA) is 41.5 Å². The fraction of sp³-hybridized carbons (Fsp3) is 1.00. The van der Waals surface area contributed by atoms with Gasteiger partial charge in [0.2, 0.25) is 0 Å². The van der Waals surface area contributed by atoms with Gasteiger partial charge in [0, 0.05) is 0 Å². The van der Waals surface area contributed by atoms with Crippen molar-refractivity contribution in [3.8, 4) is 0 Å². The first-order valence-electron chi connectivity index (χ1n) is 5.17. The van der Waals surface area contributed by atoms with Crippen LogP contribution < -0.4 is 5.32 Å². The van der Waals surface area contributed by atoms with Gasteiger partial charge in [0.15, 0.2) is 0 Å². The van der Waals surface area contributed by atoms with E-state index in [1.165, 1.54) is 19.3 Å². The van der Waals surface area contributed by atoms with Crippen LogP contribution in [0, 0.1) is 0 Å². The molecule has 0 amide bonds. The molecule has 3 nitrogen and oxygen atoms in total. The van der Waals surface area contributed by atoms with Crippen LogP contribution in [0.25, 0.3) is 0 Å². The third-order valence-electron chi connectivity index (χ3n) is 2.64. The van der Waals surface area contributed by atoms with Crippen LogP contribution in [0.5, 0.6) is 0 Å². The number of aliphatic hydroxyl groups is 1. The van der Waals surface area contributed by atoms with E-state index in [1.807, 2.05) is 13.8 Å². The Kier molecular flexibility index (Phi) is 4.16. The average molecular weight is 187 g/mol. The number of hydrogen-bond acceptors (Lipinski definition) is 3. The molecule has 0 radical (unpaired) electrons. The van der Waals surface area contributed by atoms with Gasteiger partial charge in [-0.15, -0.1) is 0 Å². The number of rotatable bonds is 6. The SMILES string of the molecule is CCNC(C)(CO)COC1CCC1. The van der Waals surface area contributed by atoms with Crippen molar-refractivity contribution in [2.45, 2.75) is 44.8 Å². The molecule has 0 aromatic heterocycles. The Hall–Kier alpha value is -0.120. The Balaban J connectivity index is 2.20.